The molecule has 242 valence electrons. The molecule has 10 nitrogen and oxygen atoms in total. The Hall–Kier alpha value is -4.74. The van der Waals surface area contributed by atoms with Crippen LogP contribution < -0.4 is 10.6 Å². The third-order valence-electron chi connectivity index (χ3n) is 7.95. The average molecular weight is 633 g/mol. The molecule has 46 heavy (non-hydrogen) atoms. The first-order valence-electron chi connectivity index (χ1n) is 15.2. The summed E-state index contributed by atoms with van der Waals surface area (Å²) < 4.78 is 38.2. The second kappa shape index (κ2) is 12.2. The number of hydrogen-bond donors (Lipinski definition) is 0. The number of carbonyl (C=O) groups excluding carboxylic acids is 2. The summed E-state index contributed by atoms with van der Waals surface area (Å²) >= 11 is 0. The number of aryl methyl sites for hydroxylation is 1. The van der Waals surface area contributed by atoms with Crippen molar-refractivity contribution in [2.45, 2.75) is 79.0 Å². The van der Waals surface area contributed by atoms with E-state index in [-0.39, 0.29) is 59.1 Å². The lowest BCUT2D eigenvalue weighted by atomic mass is 10.0. The van der Waals surface area contributed by atoms with Crippen LogP contribution in [0.3, 0.4) is 0 Å². The molecule has 0 aliphatic carbocycles. The summed E-state index contributed by atoms with van der Waals surface area (Å²) in [5.74, 6) is -1.66. The molecule has 1 amide bonds. The van der Waals surface area contributed by atoms with Gasteiger partial charge >= 0.3 is 11.8 Å². The van der Waals surface area contributed by atoms with E-state index in [1.165, 1.54) is 22.8 Å². The molecule has 3 aromatic heterocycles. The van der Waals surface area contributed by atoms with Gasteiger partial charge in [-0.3, -0.25) is 9.78 Å². The van der Waals surface area contributed by atoms with E-state index in [4.69, 9.17) is 4.74 Å². The number of hydrogen-bond acceptors (Lipinski definition) is 8. The number of pyridine rings is 2. The van der Waals surface area contributed by atoms with Crippen LogP contribution in [0.2, 0.25) is 0 Å². The van der Waals surface area contributed by atoms with E-state index in [0.29, 0.717) is 23.2 Å². The summed E-state index contributed by atoms with van der Waals surface area (Å²) in [6.07, 6.45) is 1.62. The number of halogens is 2. The lowest BCUT2D eigenvalue weighted by Gasteiger charge is -2.45. The lowest BCUT2D eigenvalue weighted by Crippen LogP contribution is -2.59. The van der Waals surface area contributed by atoms with E-state index in [9.17, 15) is 14.4 Å². The molecule has 1 fully saturated rings. The van der Waals surface area contributed by atoms with Gasteiger partial charge in [0.1, 0.15) is 22.9 Å². The minimum absolute atomic E-state index is 0.0264. The largest absolute Gasteiger partial charge is 0.444 e. The molecule has 0 N–H and O–H groups in total. The third kappa shape index (κ3) is 5.95. The summed E-state index contributed by atoms with van der Waals surface area (Å²) in [7, 11) is 0. The Morgan fingerprint density at radius 1 is 1.07 bits per heavy atom. The van der Waals surface area contributed by atoms with Crippen LogP contribution in [0.15, 0.2) is 41.3 Å². The maximum absolute atomic E-state index is 16.1. The molecule has 12 heteroatoms. The van der Waals surface area contributed by atoms with E-state index in [1.807, 2.05) is 39.5 Å². The summed E-state index contributed by atoms with van der Waals surface area (Å²) in [6.45, 7) is 15.3. The number of ether oxygens (including phenoxy) is 1. The number of anilines is 1. The van der Waals surface area contributed by atoms with Gasteiger partial charge in [-0.1, -0.05) is 26.0 Å². The molecule has 0 radical (unpaired) electrons. The normalized spacial score (nSPS) is 17.1. The fraction of sp³-hybridized carbons (Fsp3) is 0.412. The van der Waals surface area contributed by atoms with Crippen molar-refractivity contribution in [3.05, 3.63) is 75.5 Å². The maximum atomic E-state index is 16.1. The predicted molar refractivity (Wildman–Crippen MR) is 172 cm³/mol. The Balaban J connectivity index is 1.79. The molecular weight excluding hydrogens is 594 g/mol. The molecule has 1 saturated heterocycles. The molecule has 1 aliphatic heterocycles. The standard InChI is InChI=1S/C34H38F2N6O4/c1-18(2)27-29(19(3)12-13-37-27)42-30-23(14-25(36)28(38-30)26-22(17-43)10-9-11-24(26)35)31(39-32(42)44)41-20(4)15-40(16-21(41)5)33(45)46-34(6,7)8/h9-14,17-18,20-21H,15-16H2,1-8H3/t20-,21-/m0/s1. The number of nitrogens with zero attached hydrogens (tertiary/aromatic N) is 6. The number of carbonyl (C=O) groups is 2. The molecule has 0 saturated carbocycles. The van der Waals surface area contributed by atoms with Gasteiger partial charge in [-0.15, -0.1) is 0 Å². The molecule has 5 rings (SSSR count). The zero-order chi connectivity index (χ0) is 33.7. The molecule has 0 unspecified atom stereocenters. The van der Waals surface area contributed by atoms with Crippen molar-refractivity contribution in [1.82, 2.24) is 24.4 Å². The number of piperazine rings is 1. The van der Waals surface area contributed by atoms with Crippen molar-refractivity contribution in [3.63, 3.8) is 0 Å². The maximum Gasteiger partial charge on any atom is 0.410 e. The zero-order valence-corrected chi connectivity index (χ0v) is 27.3. The summed E-state index contributed by atoms with van der Waals surface area (Å²) in [5, 5.41) is 0.201. The van der Waals surface area contributed by atoms with Gasteiger partial charge in [-0.2, -0.15) is 4.98 Å². The van der Waals surface area contributed by atoms with E-state index in [1.54, 1.807) is 37.9 Å². The Morgan fingerprint density at radius 2 is 1.74 bits per heavy atom. The number of aldehydes is 1. The van der Waals surface area contributed by atoms with Crippen LogP contribution >= 0.6 is 0 Å². The summed E-state index contributed by atoms with van der Waals surface area (Å²) in [4.78, 5) is 56.0. The van der Waals surface area contributed by atoms with Crippen LogP contribution in [0.25, 0.3) is 28.0 Å². The van der Waals surface area contributed by atoms with Crippen LogP contribution in [0.5, 0.6) is 0 Å². The van der Waals surface area contributed by atoms with Crippen molar-refractivity contribution < 1.29 is 23.1 Å². The average Bonchev–Trinajstić information content (AvgIpc) is 2.96. The number of fused-ring (bicyclic) bond motifs is 1. The smallest absolute Gasteiger partial charge is 0.410 e. The quantitative estimate of drug-likeness (QED) is 0.239. The third-order valence-corrected chi connectivity index (χ3v) is 7.95. The van der Waals surface area contributed by atoms with Gasteiger partial charge in [0.15, 0.2) is 17.8 Å². The molecule has 4 aromatic rings. The van der Waals surface area contributed by atoms with Crippen molar-refractivity contribution in [2.24, 2.45) is 0 Å². The second-order valence-corrected chi connectivity index (χ2v) is 13.1. The Morgan fingerprint density at radius 3 is 2.35 bits per heavy atom. The van der Waals surface area contributed by atoms with Crippen LogP contribution in [-0.4, -0.2) is 67.6 Å². The molecule has 2 atom stereocenters. The van der Waals surface area contributed by atoms with Gasteiger partial charge in [0, 0.05) is 42.5 Å². The Kier molecular flexibility index (Phi) is 8.67. The van der Waals surface area contributed by atoms with E-state index >= 15 is 8.78 Å². The molecule has 0 bridgehead atoms. The van der Waals surface area contributed by atoms with Gasteiger partial charge in [0.05, 0.1) is 16.8 Å². The van der Waals surface area contributed by atoms with Crippen molar-refractivity contribution >= 4 is 29.2 Å². The minimum atomic E-state index is -0.895. The monoisotopic (exact) mass is 632 g/mol. The molecule has 4 heterocycles. The number of aromatic nitrogens is 4. The van der Waals surface area contributed by atoms with Crippen LogP contribution in [0, 0.1) is 18.6 Å². The number of benzene rings is 1. The van der Waals surface area contributed by atoms with Crippen molar-refractivity contribution in [1.29, 1.82) is 0 Å². The highest BCUT2D eigenvalue weighted by molar-refractivity contribution is 5.93. The van der Waals surface area contributed by atoms with Gasteiger partial charge < -0.3 is 14.5 Å². The molecule has 0 spiro atoms. The van der Waals surface area contributed by atoms with Crippen LogP contribution in [-0.2, 0) is 4.74 Å². The number of amides is 1. The Labute approximate surface area is 266 Å². The van der Waals surface area contributed by atoms with E-state index in [2.05, 4.69) is 15.0 Å². The topological polar surface area (TPSA) is 111 Å². The van der Waals surface area contributed by atoms with Crippen LogP contribution in [0.1, 0.15) is 76.0 Å². The zero-order valence-electron chi connectivity index (χ0n) is 27.3. The first-order valence-corrected chi connectivity index (χ1v) is 15.2. The lowest BCUT2D eigenvalue weighted by molar-refractivity contribution is 0.0192. The van der Waals surface area contributed by atoms with Gasteiger partial charge in [0.25, 0.3) is 0 Å². The molecular formula is C34H38F2N6O4. The first-order chi connectivity index (χ1) is 21.6. The highest BCUT2D eigenvalue weighted by atomic mass is 19.1. The highest BCUT2D eigenvalue weighted by Crippen LogP contribution is 2.36. The molecule has 1 aliphatic rings. The van der Waals surface area contributed by atoms with Crippen molar-refractivity contribution in [3.8, 4) is 16.9 Å². The summed E-state index contributed by atoms with van der Waals surface area (Å²) in [5.41, 5.74) is -0.413. The fourth-order valence-electron chi connectivity index (χ4n) is 6.07. The first kappa shape index (κ1) is 32.6. The van der Waals surface area contributed by atoms with Crippen LogP contribution in [0.4, 0.5) is 19.4 Å². The van der Waals surface area contributed by atoms with Gasteiger partial charge in [0.2, 0.25) is 0 Å². The molecule has 1 aromatic carbocycles. The Bertz CT molecular complexity index is 1890. The summed E-state index contributed by atoms with van der Waals surface area (Å²) in [6, 6.07) is 6.06. The van der Waals surface area contributed by atoms with E-state index in [0.717, 1.165) is 6.07 Å². The highest BCUT2D eigenvalue weighted by Gasteiger charge is 2.37. The van der Waals surface area contributed by atoms with Gasteiger partial charge in [-0.05, 0) is 71.2 Å². The van der Waals surface area contributed by atoms with E-state index < -0.39 is 34.7 Å². The van der Waals surface area contributed by atoms with Crippen molar-refractivity contribution in [2.75, 3.05) is 18.0 Å². The number of rotatable bonds is 5. The minimum Gasteiger partial charge on any atom is -0.444 e. The SMILES string of the molecule is Cc1ccnc(C(C)C)c1-n1c(=O)nc(N2[C@@H](C)CN(C(=O)OC(C)(C)C)C[C@@H]2C)c2cc(F)c(-c3c(F)cccc3C=O)nc21. The van der Waals surface area contributed by atoms with Gasteiger partial charge in [-0.25, -0.2) is 27.9 Å². The predicted octanol–water partition coefficient (Wildman–Crippen LogP) is 6.20. The fourth-order valence-corrected chi connectivity index (χ4v) is 6.07. The second-order valence-electron chi connectivity index (χ2n) is 13.1.